The van der Waals surface area contributed by atoms with E-state index in [1.165, 1.54) is 0 Å². The lowest BCUT2D eigenvalue weighted by Gasteiger charge is -2.34. The Morgan fingerprint density at radius 2 is 2.23 bits per heavy atom. The van der Waals surface area contributed by atoms with Crippen molar-refractivity contribution < 1.29 is 9.32 Å². The highest BCUT2D eigenvalue weighted by atomic mass is 16.5. The average molecular weight is 302 g/mol. The Hall–Kier alpha value is -2.11. The molecular weight excluding hydrogens is 280 g/mol. The molecule has 22 heavy (non-hydrogen) atoms. The highest BCUT2D eigenvalue weighted by Gasteiger charge is 2.31. The van der Waals surface area contributed by atoms with E-state index < -0.39 is 0 Å². The maximum Gasteiger partial charge on any atom is 0.276 e. The van der Waals surface area contributed by atoms with Crippen molar-refractivity contribution in [3.05, 3.63) is 35.5 Å². The first-order valence-electron chi connectivity index (χ1n) is 7.83. The lowest BCUT2D eigenvalue weighted by molar-refractivity contribution is 0.0594. The van der Waals surface area contributed by atoms with Crippen LogP contribution in [0.1, 0.15) is 67.0 Å². The molecule has 2 aromatic rings. The first-order valence-corrected chi connectivity index (χ1v) is 7.83. The first-order chi connectivity index (χ1) is 10.6. The summed E-state index contributed by atoms with van der Waals surface area (Å²) in [6.07, 6.45) is 4.99. The van der Waals surface area contributed by atoms with E-state index in [0.717, 1.165) is 37.3 Å². The smallest absolute Gasteiger partial charge is 0.276 e. The predicted molar refractivity (Wildman–Crippen MR) is 81.4 cm³/mol. The number of carbonyl (C=O) groups excluding carboxylic acids is 1. The van der Waals surface area contributed by atoms with Crippen molar-refractivity contribution in [3.63, 3.8) is 0 Å². The van der Waals surface area contributed by atoms with Crippen LogP contribution >= 0.6 is 0 Å². The van der Waals surface area contributed by atoms with Crippen LogP contribution in [0.25, 0.3) is 0 Å². The zero-order valence-corrected chi connectivity index (χ0v) is 13.3. The molecule has 3 rings (SSSR count). The van der Waals surface area contributed by atoms with Crippen molar-refractivity contribution >= 4 is 5.91 Å². The van der Waals surface area contributed by atoms with Gasteiger partial charge < -0.3 is 9.42 Å². The standard InChI is InChI=1S/C16H22N4O2/c1-11(2)15-10-13(18-22-15)16(21)20-8-5-4-6-14(20)12-7-9-19(3)17-12/h7,9-11,14H,4-6,8H2,1-3H3/t14-/m1/s1. The summed E-state index contributed by atoms with van der Waals surface area (Å²) in [6, 6.07) is 3.78. The van der Waals surface area contributed by atoms with Crippen molar-refractivity contribution in [1.82, 2.24) is 19.8 Å². The molecular formula is C16H22N4O2. The van der Waals surface area contributed by atoms with Crippen LogP contribution in [0.5, 0.6) is 0 Å². The van der Waals surface area contributed by atoms with Crippen LogP contribution in [0.2, 0.25) is 0 Å². The van der Waals surface area contributed by atoms with Gasteiger partial charge in [0.1, 0.15) is 5.76 Å². The molecule has 1 atom stereocenters. The van der Waals surface area contributed by atoms with Gasteiger partial charge in [0.25, 0.3) is 5.91 Å². The van der Waals surface area contributed by atoms with Gasteiger partial charge in [-0.1, -0.05) is 19.0 Å². The predicted octanol–water partition coefficient (Wildman–Crippen LogP) is 2.90. The van der Waals surface area contributed by atoms with Crippen LogP contribution in [-0.4, -0.2) is 32.3 Å². The SMILES string of the molecule is CC(C)c1cc(C(=O)N2CCCC[C@@H]2c2ccn(C)n2)no1. The molecule has 6 heteroatoms. The van der Waals surface area contributed by atoms with Gasteiger partial charge in [-0.3, -0.25) is 9.48 Å². The fourth-order valence-electron chi connectivity index (χ4n) is 2.90. The summed E-state index contributed by atoms with van der Waals surface area (Å²) in [6.45, 7) is 4.78. The Balaban J connectivity index is 1.84. The molecule has 2 aromatic heterocycles. The van der Waals surface area contributed by atoms with Gasteiger partial charge in [-0.25, -0.2) is 0 Å². The number of likely N-dealkylation sites (tertiary alicyclic amines) is 1. The van der Waals surface area contributed by atoms with Crippen LogP contribution in [0, 0.1) is 0 Å². The fourth-order valence-corrected chi connectivity index (χ4v) is 2.90. The minimum atomic E-state index is -0.0639. The molecule has 1 aliphatic heterocycles. The van der Waals surface area contributed by atoms with Crippen molar-refractivity contribution in [1.29, 1.82) is 0 Å². The number of hydrogen-bond acceptors (Lipinski definition) is 4. The summed E-state index contributed by atoms with van der Waals surface area (Å²) >= 11 is 0. The van der Waals surface area contributed by atoms with E-state index in [2.05, 4.69) is 10.3 Å². The minimum absolute atomic E-state index is 0.0293. The molecule has 0 aliphatic carbocycles. The van der Waals surface area contributed by atoms with Gasteiger partial charge in [0.05, 0.1) is 11.7 Å². The summed E-state index contributed by atoms with van der Waals surface area (Å²) in [5, 5.41) is 8.43. The topological polar surface area (TPSA) is 64.2 Å². The summed E-state index contributed by atoms with van der Waals surface area (Å²) in [7, 11) is 1.89. The third-order valence-electron chi connectivity index (χ3n) is 4.16. The summed E-state index contributed by atoms with van der Waals surface area (Å²) in [5.74, 6) is 0.905. The van der Waals surface area contributed by atoms with Gasteiger partial charge in [0.2, 0.25) is 0 Å². The molecule has 0 aromatic carbocycles. The molecule has 1 saturated heterocycles. The lowest BCUT2D eigenvalue weighted by atomic mass is 9.99. The third-order valence-corrected chi connectivity index (χ3v) is 4.16. The zero-order chi connectivity index (χ0) is 15.7. The van der Waals surface area contributed by atoms with E-state index in [4.69, 9.17) is 4.52 Å². The second-order valence-electron chi connectivity index (χ2n) is 6.19. The second-order valence-corrected chi connectivity index (χ2v) is 6.19. The number of amides is 1. The average Bonchev–Trinajstić information content (AvgIpc) is 3.15. The Kier molecular flexibility index (Phi) is 4.00. The number of aromatic nitrogens is 3. The number of aryl methyl sites for hydroxylation is 1. The molecule has 0 spiro atoms. The molecule has 6 nitrogen and oxygen atoms in total. The molecule has 1 aliphatic rings. The Morgan fingerprint density at radius 3 is 2.86 bits per heavy atom. The van der Waals surface area contributed by atoms with E-state index in [9.17, 15) is 4.79 Å². The highest BCUT2D eigenvalue weighted by Crippen LogP contribution is 2.31. The maximum absolute atomic E-state index is 12.8. The third kappa shape index (κ3) is 2.77. The van der Waals surface area contributed by atoms with Crippen LogP contribution < -0.4 is 0 Å². The Morgan fingerprint density at radius 1 is 1.41 bits per heavy atom. The monoisotopic (exact) mass is 302 g/mol. The molecule has 0 unspecified atom stereocenters. The molecule has 0 N–H and O–H groups in total. The second kappa shape index (κ2) is 5.94. The molecule has 1 fully saturated rings. The van der Waals surface area contributed by atoms with Crippen LogP contribution in [0.3, 0.4) is 0 Å². The van der Waals surface area contributed by atoms with Gasteiger partial charge in [0, 0.05) is 31.8 Å². The molecule has 0 bridgehead atoms. The van der Waals surface area contributed by atoms with Gasteiger partial charge in [0.15, 0.2) is 5.69 Å². The van der Waals surface area contributed by atoms with Crippen LogP contribution in [0.15, 0.2) is 22.9 Å². The number of rotatable bonds is 3. The van der Waals surface area contributed by atoms with E-state index in [1.54, 1.807) is 10.7 Å². The van der Waals surface area contributed by atoms with Crippen molar-refractivity contribution in [2.24, 2.45) is 7.05 Å². The van der Waals surface area contributed by atoms with E-state index in [1.807, 2.05) is 38.1 Å². The fraction of sp³-hybridized carbons (Fsp3) is 0.562. The van der Waals surface area contributed by atoms with E-state index in [-0.39, 0.29) is 17.9 Å². The molecule has 3 heterocycles. The largest absolute Gasteiger partial charge is 0.360 e. The van der Waals surface area contributed by atoms with Crippen molar-refractivity contribution in [2.75, 3.05) is 6.54 Å². The van der Waals surface area contributed by atoms with E-state index in [0.29, 0.717) is 5.69 Å². The highest BCUT2D eigenvalue weighted by molar-refractivity contribution is 5.92. The number of nitrogens with zero attached hydrogens (tertiary/aromatic N) is 4. The van der Waals surface area contributed by atoms with Crippen molar-refractivity contribution in [3.8, 4) is 0 Å². The normalized spacial score (nSPS) is 18.9. The first kappa shape index (κ1) is 14.8. The Labute approximate surface area is 130 Å². The number of carbonyl (C=O) groups is 1. The molecule has 1 amide bonds. The summed E-state index contributed by atoms with van der Waals surface area (Å²) < 4.78 is 7.04. The van der Waals surface area contributed by atoms with Gasteiger partial charge >= 0.3 is 0 Å². The van der Waals surface area contributed by atoms with E-state index >= 15 is 0 Å². The van der Waals surface area contributed by atoms with Gasteiger partial charge in [-0.15, -0.1) is 0 Å². The molecule has 0 radical (unpaired) electrons. The zero-order valence-electron chi connectivity index (χ0n) is 13.3. The summed E-state index contributed by atoms with van der Waals surface area (Å²) in [4.78, 5) is 14.7. The molecule has 118 valence electrons. The number of piperidine rings is 1. The maximum atomic E-state index is 12.8. The van der Waals surface area contributed by atoms with Gasteiger partial charge in [-0.2, -0.15) is 5.10 Å². The summed E-state index contributed by atoms with van der Waals surface area (Å²) in [5.41, 5.74) is 1.34. The van der Waals surface area contributed by atoms with Crippen LogP contribution in [0.4, 0.5) is 0 Å². The minimum Gasteiger partial charge on any atom is -0.360 e. The molecule has 0 saturated carbocycles. The Bertz CT molecular complexity index is 659. The quantitative estimate of drug-likeness (QED) is 0.874. The van der Waals surface area contributed by atoms with Crippen molar-refractivity contribution in [2.45, 2.75) is 45.1 Å². The number of hydrogen-bond donors (Lipinski definition) is 0. The van der Waals surface area contributed by atoms with Crippen LogP contribution in [-0.2, 0) is 7.05 Å². The lowest BCUT2D eigenvalue weighted by Crippen LogP contribution is -2.38. The van der Waals surface area contributed by atoms with Gasteiger partial charge in [-0.05, 0) is 25.3 Å².